The molecule has 0 aliphatic carbocycles. The molecular weight excluding hydrogens is 306 g/mol. The van der Waals surface area contributed by atoms with Crippen LogP contribution in [0.2, 0.25) is 0 Å². The maximum Gasteiger partial charge on any atom is 0.238 e. The number of halogens is 2. The van der Waals surface area contributed by atoms with E-state index in [-0.39, 0.29) is 16.5 Å². The first-order valence-corrected chi connectivity index (χ1v) is 7.19. The number of pyridine rings is 1. The molecular formula is C15H16F2N4O2. The van der Waals surface area contributed by atoms with E-state index in [9.17, 15) is 13.6 Å². The first-order valence-electron chi connectivity index (χ1n) is 7.19. The van der Waals surface area contributed by atoms with Crippen LogP contribution in [0, 0.1) is 11.6 Å². The van der Waals surface area contributed by atoms with Crippen LogP contribution in [0.25, 0.3) is 10.9 Å². The molecule has 1 aliphatic heterocycles. The number of amides is 1. The zero-order valence-electron chi connectivity index (χ0n) is 12.3. The Balaban J connectivity index is 2.04. The average Bonchev–Trinajstić information content (AvgIpc) is 2.59. The third kappa shape index (κ3) is 3.08. The smallest absolute Gasteiger partial charge is 0.238 e. The standard InChI is InChI=1S/C15H16F2N4O2/c16-12-7-13-11(15(17)10(12)6-14(22)20-18)5-9(8-19-13)21-1-3-23-4-2-21/h5,7-8H,1-4,6,18H2,(H,20,22). The van der Waals surface area contributed by atoms with Gasteiger partial charge in [-0.15, -0.1) is 0 Å². The van der Waals surface area contributed by atoms with Gasteiger partial charge in [0.05, 0.1) is 37.0 Å². The van der Waals surface area contributed by atoms with Gasteiger partial charge < -0.3 is 9.64 Å². The number of ether oxygens (including phenoxy) is 1. The number of benzene rings is 1. The number of morpholine rings is 1. The predicted octanol–water partition coefficient (Wildman–Crippen LogP) is 0.882. The summed E-state index contributed by atoms with van der Waals surface area (Å²) in [5.41, 5.74) is 2.49. The van der Waals surface area contributed by atoms with Crippen molar-refractivity contribution in [1.29, 1.82) is 0 Å². The second-order valence-corrected chi connectivity index (χ2v) is 5.25. The van der Waals surface area contributed by atoms with Crippen LogP contribution in [0.4, 0.5) is 14.5 Å². The molecule has 1 aromatic heterocycles. The third-order valence-electron chi connectivity index (χ3n) is 3.83. The minimum absolute atomic E-state index is 0.176. The third-order valence-corrected chi connectivity index (χ3v) is 3.83. The van der Waals surface area contributed by atoms with E-state index in [0.29, 0.717) is 26.3 Å². The zero-order valence-corrected chi connectivity index (χ0v) is 12.3. The molecule has 0 saturated carbocycles. The molecule has 0 spiro atoms. The summed E-state index contributed by atoms with van der Waals surface area (Å²) in [6, 6.07) is 2.74. The molecule has 3 rings (SSSR count). The molecule has 0 atom stereocenters. The average molecular weight is 322 g/mol. The van der Waals surface area contributed by atoms with Crippen molar-refractivity contribution in [1.82, 2.24) is 10.4 Å². The van der Waals surface area contributed by atoms with Crippen molar-refractivity contribution in [2.75, 3.05) is 31.2 Å². The molecule has 3 N–H and O–H groups in total. The van der Waals surface area contributed by atoms with Crippen molar-refractivity contribution in [2.45, 2.75) is 6.42 Å². The molecule has 2 heterocycles. The Morgan fingerprint density at radius 3 is 2.78 bits per heavy atom. The number of carbonyl (C=O) groups excluding carboxylic acids is 1. The SMILES string of the molecule is NNC(=O)Cc1c(F)cc2ncc(N3CCOCC3)cc2c1F. The van der Waals surface area contributed by atoms with Gasteiger partial charge in [0.2, 0.25) is 5.91 Å². The van der Waals surface area contributed by atoms with Crippen molar-refractivity contribution in [3.05, 3.63) is 35.5 Å². The summed E-state index contributed by atoms with van der Waals surface area (Å²) >= 11 is 0. The number of carbonyl (C=O) groups is 1. The molecule has 8 heteroatoms. The van der Waals surface area contributed by atoms with Gasteiger partial charge in [0.1, 0.15) is 11.6 Å². The van der Waals surface area contributed by atoms with E-state index in [1.807, 2.05) is 10.3 Å². The first-order chi connectivity index (χ1) is 11.1. The fourth-order valence-corrected chi connectivity index (χ4v) is 2.60. The highest BCUT2D eigenvalue weighted by molar-refractivity contribution is 5.85. The zero-order chi connectivity index (χ0) is 16.4. The van der Waals surface area contributed by atoms with Gasteiger partial charge in [-0.05, 0) is 6.07 Å². The summed E-state index contributed by atoms with van der Waals surface area (Å²) < 4.78 is 33.9. The lowest BCUT2D eigenvalue weighted by Crippen LogP contribution is -2.36. The number of fused-ring (bicyclic) bond motifs is 1. The summed E-state index contributed by atoms with van der Waals surface area (Å²) in [5, 5.41) is 0.176. The van der Waals surface area contributed by atoms with Crippen molar-refractivity contribution < 1.29 is 18.3 Å². The Hall–Kier alpha value is -2.32. The van der Waals surface area contributed by atoms with Gasteiger partial charge in [0.25, 0.3) is 0 Å². The quantitative estimate of drug-likeness (QED) is 0.498. The Bertz CT molecular complexity index is 748. The molecule has 2 aromatic rings. The van der Waals surface area contributed by atoms with Crippen molar-refractivity contribution >= 4 is 22.5 Å². The fourth-order valence-electron chi connectivity index (χ4n) is 2.60. The number of hydrogen-bond donors (Lipinski definition) is 2. The minimum atomic E-state index is -0.815. The van der Waals surface area contributed by atoms with E-state index in [1.165, 1.54) is 0 Å². The van der Waals surface area contributed by atoms with E-state index in [4.69, 9.17) is 10.6 Å². The van der Waals surface area contributed by atoms with Gasteiger partial charge in [-0.25, -0.2) is 14.6 Å². The van der Waals surface area contributed by atoms with Crippen LogP contribution < -0.4 is 16.2 Å². The van der Waals surface area contributed by atoms with Gasteiger partial charge >= 0.3 is 0 Å². The van der Waals surface area contributed by atoms with Gasteiger partial charge in [0.15, 0.2) is 0 Å². The Kier molecular flexibility index (Phi) is 4.35. The molecule has 1 aliphatic rings. The van der Waals surface area contributed by atoms with Crippen LogP contribution in [0.1, 0.15) is 5.56 Å². The number of hydrogen-bond acceptors (Lipinski definition) is 5. The molecule has 23 heavy (non-hydrogen) atoms. The monoisotopic (exact) mass is 322 g/mol. The van der Waals surface area contributed by atoms with Gasteiger partial charge in [-0.3, -0.25) is 15.2 Å². The first kappa shape index (κ1) is 15.6. The van der Waals surface area contributed by atoms with Crippen molar-refractivity contribution in [2.24, 2.45) is 5.84 Å². The molecule has 0 unspecified atom stereocenters. The molecule has 0 bridgehead atoms. The molecule has 0 radical (unpaired) electrons. The van der Waals surface area contributed by atoms with Crippen molar-refractivity contribution in [3.63, 3.8) is 0 Å². The molecule has 122 valence electrons. The highest BCUT2D eigenvalue weighted by Crippen LogP contribution is 2.27. The van der Waals surface area contributed by atoms with Crippen LogP contribution in [0.15, 0.2) is 18.3 Å². The Labute approximate surface area is 131 Å². The van der Waals surface area contributed by atoms with E-state index in [0.717, 1.165) is 11.8 Å². The largest absolute Gasteiger partial charge is 0.378 e. The highest BCUT2D eigenvalue weighted by atomic mass is 19.1. The highest BCUT2D eigenvalue weighted by Gasteiger charge is 2.19. The summed E-state index contributed by atoms with van der Waals surface area (Å²) in [4.78, 5) is 17.5. The number of anilines is 1. The number of hydrazine groups is 1. The number of nitrogens with one attached hydrogen (secondary N) is 1. The molecule has 6 nitrogen and oxygen atoms in total. The number of rotatable bonds is 3. The summed E-state index contributed by atoms with van der Waals surface area (Å²) in [5.74, 6) is 2.71. The molecule has 1 aromatic carbocycles. The summed E-state index contributed by atoms with van der Waals surface area (Å²) in [6.07, 6.45) is 1.12. The topological polar surface area (TPSA) is 80.5 Å². The molecule has 1 amide bonds. The number of nitrogens with two attached hydrogens (primary N) is 1. The Morgan fingerprint density at radius 2 is 2.09 bits per heavy atom. The lowest BCUT2D eigenvalue weighted by molar-refractivity contribution is -0.120. The van der Waals surface area contributed by atoms with E-state index in [2.05, 4.69) is 4.98 Å². The lowest BCUT2D eigenvalue weighted by Gasteiger charge is -2.28. The number of nitrogens with zero attached hydrogens (tertiary/aromatic N) is 2. The van der Waals surface area contributed by atoms with Gasteiger partial charge in [-0.1, -0.05) is 0 Å². The van der Waals surface area contributed by atoms with E-state index >= 15 is 0 Å². The molecule has 1 saturated heterocycles. The normalized spacial score (nSPS) is 15.0. The number of aromatic nitrogens is 1. The van der Waals surface area contributed by atoms with E-state index < -0.39 is 24.0 Å². The maximum absolute atomic E-state index is 14.6. The van der Waals surface area contributed by atoms with Crippen LogP contribution in [0.3, 0.4) is 0 Å². The van der Waals surface area contributed by atoms with Gasteiger partial charge in [0, 0.05) is 30.1 Å². The second kappa shape index (κ2) is 6.43. The maximum atomic E-state index is 14.6. The lowest BCUT2D eigenvalue weighted by atomic mass is 10.1. The Morgan fingerprint density at radius 1 is 1.35 bits per heavy atom. The van der Waals surface area contributed by atoms with Crippen molar-refractivity contribution in [3.8, 4) is 0 Å². The molecule has 1 fully saturated rings. The summed E-state index contributed by atoms with van der Waals surface area (Å²) in [6.45, 7) is 2.54. The van der Waals surface area contributed by atoms with Crippen LogP contribution in [-0.4, -0.2) is 37.2 Å². The fraction of sp³-hybridized carbons (Fsp3) is 0.333. The van der Waals surface area contributed by atoms with Gasteiger partial charge in [-0.2, -0.15) is 0 Å². The van der Waals surface area contributed by atoms with E-state index in [1.54, 1.807) is 12.3 Å². The minimum Gasteiger partial charge on any atom is -0.378 e. The second-order valence-electron chi connectivity index (χ2n) is 5.25. The van der Waals surface area contributed by atoms with Crippen LogP contribution in [0.5, 0.6) is 0 Å². The van der Waals surface area contributed by atoms with Crippen LogP contribution >= 0.6 is 0 Å². The van der Waals surface area contributed by atoms with Crippen LogP contribution in [-0.2, 0) is 16.0 Å². The predicted molar refractivity (Wildman–Crippen MR) is 80.7 cm³/mol. The summed E-state index contributed by atoms with van der Waals surface area (Å²) in [7, 11) is 0.